The molecule has 0 unspecified atom stereocenters. The van der Waals surface area contributed by atoms with E-state index in [4.69, 9.17) is 11.6 Å². The third-order valence-electron chi connectivity index (χ3n) is 2.39. The number of para-hydroxylation sites is 1. The lowest BCUT2D eigenvalue weighted by molar-refractivity contribution is 0.961. The van der Waals surface area contributed by atoms with Crippen LogP contribution in [-0.2, 0) is 0 Å². The summed E-state index contributed by atoms with van der Waals surface area (Å²) in [6, 6.07) is 7.90. The number of nitrogens with one attached hydrogen (secondary N) is 1. The van der Waals surface area contributed by atoms with Crippen molar-refractivity contribution in [3.05, 3.63) is 35.1 Å². The van der Waals surface area contributed by atoms with Crippen LogP contribution in [0.3, 0.4) is 0 Å². The molecular formula is C12H14ClN5. The predicted molar refractivity (Wildman–Crippen MR) is 73.6 cm³/mol. The molecule has 1 heterocycles. The predicted octanol–water partition coefficient (Wildman–Crippen LogP) is 2.64. The van der Waals surface area contributed by atoms with Crippen molar-refractivity contribution in [3.63, 3.8) is 0 Å². The van der Waals surface area contributed by atoms with Crippen LogP contribution >= 0.6 is 11.6 Å². The molecule has 0 aliphatic carbocycles. The first kappa shape index (κ1) is 12.6. The Kier molecular flexibility index (Phi) is 3.62. The molecule has 0 bridgehead atoms. The maximum absolute atomic E-state index is 5.87. The van der Waals surface area contributed by atoms with Crippen molar-refractivity contribution < 1.29 is 0 Å². The maximum Gasteiger partial charge on any atom is 0.233 e. The zero-order valence-corrected chi connectivity index (χ0v) is 11.2. The molecule has 0 spiro atoms. The van der Waals surface area contributed by atoms with Crippen molar-refractivity contribution in [2.24, 2.45) is 0 Å². The van der Waals surface area contributed by atoms with Crippen LogP contribution in [0.4, 0.5) is 17.6 Å². The molecule has 0 saturated heterocycles. The Labute approximate surface area is 111 Å². The fraction of sp³-hybridized carbons (Fsp3) is 0.250. The minimum Gasteiger partial charge on any atom is -0.347 e. The topological polar surface area (TPSA) is 53.9 Å². The third kappa shape index (κ3) is 2.87. The van der Waals surface area contributed by atoms with Gasteiger partial charge in [0.05, 0.1) is 0 Å². The van der Waals surface area contributed by atoms with E-state index in [1.165, 1.54) is 0 Å². The Morgan fingerprint density at radius 2 is 1.83 bits per heavy atom. The maximum atomic E-state index is 5.87. The van der Waals surface area contributed by atoms with Crippen molar-refractivity contribution in [2.45, 2.75) is 6.92 Å². The van der Waals surface area contributed by atoms with Crippen molar-refractivity contribution in [2.75, 3.05) is 24.3 Å². The summed E-state index contributed by atoms with van der Waals surface area (Å²) >= 11 is 5.87. The van der Waals surface area contributed by atoms with Gasteiger partial charge in [-0.25, -0.2) is 0 Å². The number of aromatic nitrogens is 3. The van der Waals surface area contributed by atoms with Gasteiger partial charge in [0, 0.05) is 19.8 Å². The summed E-state index contributed by atoms with van der Waals surface area (Å²) in [6.07, 6.45) is 0. The molecule has 2 aromatic rings. The van der Waals surface area contributed by atoms with Gasteiger partial charge < -0.3 is 10.2 Å². The van der Waals surface area contributed by atoms with Crippen molar-refractivity contribution >= 4 is 29.2 Å². The zero-order valence-electron chi connectivity index (χ0n) is 10.5. The van der Waals surface area contributed by atoms with Gasteiger partial charge in [-0.15, -0.1) is 0 Å². The lowest BCUT2D eigenvalue weighted by atomic mass is 10.2. The fourth-order valence-corrected chi connectivity index (χ4v) is 1.58. The van der Waals surface area contributed by atoms with E-state index < -0.39 is 0 Å². The second-order valence-electron chi connectivity index (χ2n) is 4.06. The van der Waals surface area contributed by atoms with E-state index in [9.17, 15) is 0 Å². The van der Waals surface area contributed by atoms with Gasteiger partial charge in [0.15, 0.2) is 0 Å². The summed E-state index contributed by atoms with van der Waals surface area (Å²) in [6.45, 7) is 2.01. The van der Waals surface area contributed by atoms with Crippen molar-refractivity contribution in [1.29, 1.82) is 0 Å². The molecule has 6 heteroatoms. The first-order valence-electron chi connectivity index (χ1n) is 5.48. The van der Waals surface area contributed by atoms with Crippen LogP contribution < -0.4 is 10.2 Å². The molecule has 0 atom stereocenters. The average Bonchev–Trinajstić information content (AvgIpc) is 2.31. The Bertz CT molecular complexity index is 556. The number of hydrogen-bond acceptors (Lipinski definition) is 5. The number of halogens is 1. The van der Waals surface area contributed by atoms with Gasteiger partial charge in [0.25, 0.3) is 0 Å². The summed E-state index contributed by atoms with van der Waals surface area (Å²) in [5.41, 5.74) is 2.06. The molecule has 0 aliphatic rings. The zero-order chi connectivity index (χ0) is 13.1. The van der Waals surface area contributed by atoms with Gasteiger partial charge in [-0.05, 0) is 30.2 Å². The molecule has 94 valence electrons. The SMILES string of the molecule is Cc1ccccc1Nc1nc(Cl)nc(N(C)C)n1. The molecule has 0 fully saturated rings. The van der Waals surface area contributed by atoms with Gasteiger partial charge in [0.1, 0.15) is 0 Å². The van der Waals surface area contributed by atoms with Crippen LogP contribution in [0.25, 0.3) is 0 Å². The van der Waals surface area contributed by atoms with E-state index in [0.29, 0.717) is 11.9 Å². The molecule has 1 aromatic heterocycles. The van der Waals surface area contributed by atoms with E-state index in [1.807, 2.05) is 45.3 Å². The number of anilines is 3. The smallest absolute Gasteiger partial charge is 0.233 e. The second kappa shape index (κ2) is 5.18. The van der Waals surface area contributed by atoms with E-state index in [0.717, 1.165) is 11.3 Å². The van der Waals surface area contributed by atoms with Crippen LogP contribution in [0.2, 0.25) is 5.28 Å². The molecule has 18 heavy (non-hydrogen) atoms. The Hall–Kier alpha value is -1.88. The highest BCUT2D eigenvalue weighted by atomic mass is 35.5. The Morgan fingerprint density at radius 1 is 1.11 bits per heavy atom. The second-order valence-corrected chi connectivity index (χ2v) is 4.40. The van der Waals surface area contributed by atoms with E-state index in [1.54, 1.807) is 4.90 Å². The minimum atomic E-state index is 0.171. The Morgan fingerprint density at radius 3 is 2.50 bits per heavy atom. The third-order valence-corrected chi connectivity index (χ3v) is 2.56. The van der Waals surface area contributed by atoms with Crippen LogP contribution in [0, 0.1) is 6.92 Å². The molecule has 0 saturated carbocycles. The van der Waals surface area contributed by atoms with Gasteiger partial charge in [-0.1, -0.05) is 18.2 Å². The first-order valence-corrected chi connectivity index (χ1v) is 5.85. The summed E-state index contributed by atoms with van der Waals surface area (Å²) < 4.78 is 0. The Balaban J connectivity index is 2.32. The molecule has 1 N–H and O–H groups in total. The molecular weight excluding hydrogens is 250 g/mol. The summed E-state index contributed by atoms with van der Waals surface area (Å²) in [7, 11) is 3.70. The van der Waals surface area contributed by atoms with E-state index >= 15 is 0 Å². The normalized spacial score (nSPS) is 10.2. The average molecular weight is 264 g/mol. The van der Waals surface area contributed by atoms with Gasteiger partial charge in [-0.2, -0.15) is 15.0 Å². The van der Waals surface area contributed by atoms with Gasteiger partial charge in [-0.3, -0.25) is 0 Å². The number of hydrogen-bond donors (Lipinski definition) is 1. The largest absolute Gasteiger partial charge is 0.347 e. The number of aryl methyl sites for hydroxylation is 1. The molecule has 0 radical (unpaired) electrons. The molecule has 5 nitrogen and oxygen atoms in total. The minimum absolute atomic E-state index is 0.171. The van der Waals surface area contributed by atoms with E-state index in [-0.39, 0.29) is 5.28 Å². The number of nitrogens with zero attached hydrogens (tertiary/aromatic N) is 4. The van der Waals surface area contributed by atoms with Crippen LogP contribution in [0.5, 0.6) is 0 Å². The summed E-state index contributed by atoms with van der Waals surface area (Å²) in [5, 5.41) is 3.31. The van der Waals surface area contributed by atoms with Crippen molar-refractivity contribution in [1.82, 2.24) is 15.0 Å². The van der Waals surface area contributed by atoms with E-state index in [2.05, 4.69) is 20.3 Å². The standard InChI is InChI=1S/C12H14ClN5/c1-8-6-4-5-7-9(8)14-11-15-10(13)16-12(17-11)18(2)3/h4-7H,1-3H3,(H,14,15,16,17). The highest BCUT2D eigenvalue weighted by Crippen LogP contribution is 2.19. The van der Waals surface area contributed by atoms with Gasteiger partial charge >= 0.3 is 0 Å². The summed E-state index contributed by atoms with van der Waals surface area (Å²) in [4.78, 5) is 14.1. The molecule has 0 aliphatic heterocycles. The lowest BCUT2D eigenvalue weighted by Gasteiger charge is -2.12. The monoisotopic (exact) mass is 263 g/mol. The molecule has 0 amide bonds. The first-order chi connectivity index (χ1) is 8.56. The van der Waals surface area contributed by atoms with Crippen LogP contribution in [0.1, 0.15) is 5.56 Å². The number of rotatable bonds is 3. The van der Waals surface area contributed by atoms with Gasteiger partial charge in [0.2, 0.25) is 17.2 Å². The quantitative estimate of drug-likeness (QED) is 0.923. The molecule has 2 rings (SSSR count). The fourth-order valence-electron chi connectivity index (χ4n) is 1.43. The lowest BCUT2D eigenvalue weighted by Crippen LogP contribution is -2.14. The van der Waals surface area contributed by atoms with Crippen LogP contribution in [0.15, 0.2) is 24.3 Å². The summed E-state index contributed by atoms with van der Waals surface area (Å²) in [5.74, 6) is 0.957. The van der Waals surface area contributed by atoms with Crippen LogP contribution in [-0.4, -0.2) is 29.0 Å². The molecule has 1 aromatic carbocycles. The number of benzene rings is 1. The van der Waals surface area contributed by atoms with Crippen molar-refractivity contribution in [3.8, 4) is 0 Å². The highest BCUT2D eigenvalue weighted by Gasteiger charge is 2.07. The highest BCUT2D eigenvalue weighted by molar-refractivity contribution is 6.28.